The summed E-state index contributed by atoms with van der Waals surface area (Å²) in [6.45, 7) is 0. The van der Waals surface area contributed by atoms with Crippen LogP contribution in [0.2, 0.25) is 0 Å². The first-order chi connectivity index (χ1) is 6.95. The third-order valence-corrected chi connectivity index (χ3v) is 4.37. The molecule has 5 heteroatoms. The minimum absolute atomic E-state index is 0.996. The summed E-state index contributed by atoms with van der Waals surface area (Å²) < 4.78 is 3.81. The van der Waals surface area contributed by atoms with E-state index in [1.807, 2.05) is 11.4 Å². The van der Waals surface area contributed by atoms with Gasteiger partial charge in [-0.25, -0.2) is 0 Å². The molecule has 0 atom stereocenters. The second kappa shape index (κ2) is 5.38. The number of benzene rings is 1. The van der Waals surface area contributed by atoms with E-state index in [0.717, 1.165) is 10.8 Å². The van der Waals surface area contributed by atoms with Crippen molar-refractivity contribution in [3.05, 3.63) is 41.3 Å². The van der Waals surface area contributed by atoms with E-state index in [1.54, 1.807) is 21.6 Å². The van der Waals surface area contributed by atoms with Crippen molar-refractivity contribution in [3.8, 4) is 0 Å². The van der Waals surface area contributed by atoms with Gasteiger partial charge in [0.2, 0.25) is 0 Å². The Morgan fingerprint density at radius 2 is 2.07 bits per heavy atom. The molecule has 0 saturated carbocycles. The average molecular weight is 240 g/mol. The monoisotopic (exact) mass is 240 g/mol. The van der Waals surface area contributed by atoms with E-state index in [-0.39, 0.29) is 0 Å². The Labute approximate surface area is 94.7 Å². The molecule has 1 aromatic carbocycles. The molecule has 0 amide bonds. The Morgan fingerprint density at radius 3 is 2.79 bits per heavy atom. The largest absolute Gasteiger partial charge is 0.142 e. The summed E-state index contributed by atoms with van der Waals surface area (Å²) in [7, 11) is 3.46. The van der Waals surface area contributed by atoms with Crippen molar-refractivity contribution in [1.29, 1.82) is 0 Å². The first kappa shape index (κ1) is 10.0. The van der Waals surface area contributed by atoms with Crippen molar-refractivity contribution < 1.29 is 0 Å². The van der Waals surface area contributed by atoms with E-state index < -0.39 is 0 Å². The fraction of sp³-hybridized carbons (Fsp3) is 0.111. The molecule has 2 aromatic rings. The van der Waals surface area contributed by atoms with E-state index in [4.69, 9.17) is 0 Å². The van der Waals surface area contributed by atoms with Gasteiger partial charge in [0.15, 0.2) is 0 Å². The Bertz CT molecular complexity index is 361. The smallest absolute Gasteiger partial charge is 0.131 e. The minimum Gasteiger partial charge on any atom is -0.131 e. The summed E-state index contributed by atoms with van der Waals surface area (Å²) in [5.74, 6) is 1.00. The van der Waals surface area contributed by atoms with Gasteiger partial charge >= 0.3 is 0 Å². The number of hydrogen-bond donors (Lipinski definition) is 0. The summed E-state index contributed by atoms with van der Waals surface area (Å²) in [5, 5.41) is 6.92. The lowest BCUT2D eigenvalue weighted by Gasteiger charge is -1.97. The zero-order chi connectivity index (χ0) is 9.64. The van der Waals surface area contributed by atoms with Gasteiger partial charge in [0.25, 0.3) is 0 Å². The molecule has 0 N–H and O–H groups in total. The summed E-state index contributed by atoms with van der Waals surface area (Å²) in [4.78, 5) is 0. The first-order valence-electron chi connectivity index (χ1n) is 4.05. The molecule has 1 heterocycles. The fourth-order valence-corrected chi connectivity index (χ4v) is 3.57. The van der Waals surface area contributed by atoms with Gasteiger partial charge in [0.05, 0.1) is 0 Å². The standard InChI is InChI=1S/C9H8N2S3/c1-2-4-8(5-3-1)6-13-14-9-7-12-11-10-9/h1-5,7H,6H2. The predicted octanol–water partition coefficient (Wildman–Crippen LogP) is 3.48. The molecular weight excluding hydrogens is 232 g/mol. The molecule has 72 valence electrons. The maximum Gasteiger partial charge on any atom is 0.142 e. The van der Waals surface area contributed by atoms with Crippen molar-refractivity contribution in [3.63, 3.8) is 0 Å². The van der Waals surface area contributed by atoms with Crippen molar-refractivity contribution in [1.82, 2.24) is 9.59 Å². The summed E-state index contributed by atoms with van der Waals surface area (Å²) in [6, 6.07) is 10.4. The number of hydrogen-bond acceptors (Lipinski definition) is 5. The van der Waals surface area contributed by atoms with Gasteiger partial charge < -0.3 is 0 Å². The van der Waals surface area contributed by atoms with Crippen molar-refractivity contribution in [2.75, 3.05) is 0 Å². The summed E-state index contributed by atoms with van der Waals surface area (Å²) >= 11 is 1.39. The lowest BCUT2D eigenvalue weighted by molar-refractivity contribution is 1.04. The van der Waals surface area contributed by atoms with Gasteiger partial charge in [-0.05, 0) is 27.9 Å². The van der Waals surface area contributed by atoms with Crippen LogP contribution in [0.25, 0.3) is 0 Å². The molecule has 2 nitrogen and oxygen atoms in total. The van der Waals surface area contributed by atoms with E-state index in [0.29, 0.717) is 0 Å². The first-order valence-corrected chi connectivity index (χ1v) is 7.21. The maximum atomic E-state index is 3.96. The van der Waals surface area contributed by atoms with Crippen LogP contribution in [0.3, 0.4) is 0 Å². The highest BCUT2D eigenvalue weighted by atomic mass is 33.1. The van der Waals surface area contributed by atoms with Crippen LogP contribution in [0.1, 0.15) is 5.56 Å². The second-order valence-corrected chi connectivity index (χ2v) is 5.50. The highest BCUT2D eigenvalue weighted by molar-refractivity contribution is 8.76. The van der Waals surface area contributed by atoms with Crippen LogP contribution in [-0.2, 0) is 5.75 Å². The van der Waals surface area contributed by atoms with E-state index in [2.05, 4.69) is 33.9 Å². The highest BCUT2D eigenvalue weighted by Gasteiger charge is 1.98. The third kappa shape index (κ3) is 3.01. The third-order valence-electron chi connectivity index (χ3n) is 1.55. The number of aromatic nitrogens is 2. The zero-order valence-electron chi connectivity index (χ0n) is 7.29. The van der Waals surface area contributed by atoms with Crippen LogP contribution in [0.4, 0.5) is 0 Å². The van der Waals surface area contributed by atoms with Crippen molar-refractivity contribution in [2.45, 2.75) is 10.8 Å². The van der Waals surface area contributed by atoms with Crippen LogP contribution in [0, 0.1) is 0 Å². The van der Waals surface area contributed by atoms with Gasteiger partial charge in [0.1, 0.15) is 5.03 Å². The fourth-order valence-electron chi connectivity index (χ4n) is 0.924. The van der Waals surface area contributed by atoms with E-state index in [1.165, 1.54) is 17.1 Å². The van der Waals surface area contributed by atoms with Crippen LogP contribution < -0.4 is 0 Å². The van der Waals surface area contributed by atoms with Gasteiger partial charge in [-0.1, -0.05) is 45.6 Å². The molecule has 0 spiro atoms. The normalized spacial score (nSPS) is 10.3. The summed E-state index contributed by atoms with van der Waals surface area (Å²) in [5.41, 5.74) is 1.34. The SMILES string of the molecule is c1ccc(CSSc2csnn2)cc1. The Kier molecular flexibility index (Phi) is 3.85. The quantitative estimate of drug-likeness (QED) is 0.764. The van der Waals surface area contributed by atoms with E-state index in [9.17, 15) is 0 Å². The molecule has 0 unspecified atom stereocenters. The van der Waals surface area contributed by atoms with Gasteiger partial charge in [-0.3, -0.25) is 0 Å². The van der Waals surface area contributed by atoms with Crippen LogP contribution >= 0.6 is 33.1 Å². The Balaban J connectivity index is 1.79. The number of rotatable bonds is 4. The Hall–Kier alpha value is -0.520. The zero-order valence-corrected chi connectivity index (χ0v) is 9.74. The van der Waals surface area contributed by atoms with E-state index >= 15 is 0 Å². The molecule has 0 saturated heterocycles. The molecule has 0 bridgehead atoms. The maximum absolute atomic E-state index is 3.96. The Morgan fingerprint density at radius 1 is 1.21 bits per heavy atom. The van der Waals surface area contributed by atoms with Crippen molar-refractivity contribution in [2.24, 2.45) is 0 Å². The van der Waals surface area contributed by atoms with Crippen molar-refractivity contribution >= 4 is 33.1 Å². The molecule has 0 aliphatic heterocycles. The highest BCUT2D eigenvalue weighted by Crippen LogP contribution is 2.32. The molecule has 0 fully saturated rings. The average Bonchev–Trinajstić information content (AvgIpc) is 2.72. The number of nitrogens with zero attached hydrogens (tertiary/aromatic N) is 2. The van der Waals surface area contributed by atoms with Gasteiger partial charge in [0, 0.05) is 11.1 Å². The summed E-state index contributed by atoms with van der Waals surface area (Å²) in [6.07, 6.45) is 0. The molecular formula is C9H8N2S3. The minimum atomic E-state index is 0.996. The molecule has 1 aromatic heterocycles. The predicted molar refractivity (Wildman–Crippen MR) is 63.5 cm³/mol. The van der Waals surface area contributed by atoms with Gasteiger partial charge in [-0.15, -0.1) is 5.10 Å². The molecule has 0 radical (unpaired) electrons. The topological polar surface area (TPSA) is 25.8 Å². The lowest BCUT2D eigenvalue weighted by Crippen LogP contribution is -1.75. The van der Waals surface area contributed by atoms with Crippen LogP contribution in [-0.4, -0.2) is 9.59 Å². The molecule has 2 rings (SSSR count). The molecule has 14 heavy (non-hydrogen) atoms. The van der Waals surface area contributed by atoms with Crippen LogP contribution in [0.5, 0.6) is 0 Å². The molecule has 0 aliphatic carbocycles. The lowest BCUT2D eigenvalue weighted by atomic mass is 10.2. The second-order valence-electron chi connectivity index (χ2n) is 2.57. The van der Waals surface area contributed by atoms with Crippen LogP contribution in [0.15, 0.2) is 40.7 Å². The molecule has 0 aliphatic rings. The van der Waals surface area contributed by atoms with Gasteiger partial charge in [-0.2, -0.15) is 0 Å².